The molecule has 1 fully saturated rings. The first kappa shape index (κ1) is 13.4. The van der Waals surface area contributed by atoms with Gasteiger partial charge in [0.2, 0.25) is 0 Å². The minimum absolute atomic E-state index is 0.101. The average Bonchev–Trinajstić information content (AvgIpc) is 2.94. The number of sulfone groups is 1. The second-order valence-electron chi connectivity index (χ2n) is 6.40. The second-order valence-corrected chi connectivity index (χ2v) is 8.85. The molecule has 3 heterocycles. The van der Waals surface area contributed by atoms with Crippen LogP contribution in [0, 0.1) is 0 Å². The van der Waals surface area contributed by atoms with E-state index in [1.165, 1.54) is 16.7 Å². The third kappa shape index (κ3) is 2.30. The standard InChI is InChI=1S/C17H20O3S/c18-21(19)15-4-5-16(21)11-13(10-15)2-1-12-3-6-17-14(9-12)7-8-20-17/h3,6,9-10,15-16H,1-2,4-5,7-8,11H2. The number of allylic oxidation sites excluding steroid dienone is 1. The molecule has 4 rings (SSSR count). The molecule has 2 atom stereocenters. The van der Waals surface area contributed by atoms with Crippen LogP contribution in [0.1, 0.15) is 36.8 Å². The Morgan fingerprint density at radius 3 is 2.95 bits per heavy atom. The molecule has 4 heteroatoms. The molecule has 112 valence electrons. The quantitative estimate of drug-likeness (QED) is 0.807. The molecule has 0 saturated carbocycles. The van der Waals surface area contributed by atoms with Crippen molar-refractivity contribution in [2.24, 2.45) is 0 Å². The molecule has 1 aromatic carbocycles. The Morgan fingerprint density at radius 1 is 1.19 bits per heavy atom. The zero-order valence-electron chi connectivity index (χ0n) is 12.0. The van der Waals surface area contributed by atoms with Gasteiger partial charge in [-0.3, -0.25) is 0 Å². The van der Waals surface area contributed by atoms with Gasteiger partial charge in [0, 0.05) is 6.42 Å². The largest absolute Gasteiger partial charge is 0.493 e. The van der Waals surface area contributed by atoms with E-state index in [1.54, 1.807) is 0 Å². The molecule has 0 aliphatic carbocycles. The summed E-state index contributed by atoms with van der Waals surface area (Å²) in [6.07, 6.45) is 7.47. The van der Waals surface area contributed by atoms with Crippen LogP contribution in [0.4, 0.5) is 0 Å². The molecule has 0 amide bonds. The highest BCUT2D eigenvalue weighted by Crippen LogP contribution is 2.38. The molecule has 0 N–H and O–H groups in total. The van der Waals surface area contributed by atoms with Gasteiger partial charge in [0.05, 0.1) is 17.1 Å². The Labute approximate surface area is 125 Å². The van der Waals surface area contributed by atoms with Gasteiger partial charge in [-0.2, -0.15) is 0 Å². The SMILES string of the molecule is O=S1(=O)C2C=C(CCc3ccc4c(c3)CCO4)CC1CC2. The van der Waals surface area contributed by atoms with Crippen molar-refractivity contribution in [3.8, 4) is 5.75 Å². The number of aryl methyl sites for hydroxylation is 1. The molecule has 3 aliphatic rings. The normalized spacial score (nSPS) is 28.9. The maximum atomic E-state index is 12.1. The lowest BCUT2D eigenvalue weighted by Crippen LogP contribution is -2.26. The molecule has 2 unspecified atom stereocenters. The summed E-state index contributed by atoms with van der Waals surface area (Å²) in [7, 11) is -2.85. The number of hydrogen-bond acceptors (Lipinski definition) is 3. The maximum Gasteiger partial charge on any atom is 0.159 e. The summed E-state index contributed by atoms with van der Waals surface area (Å²) in [5, 5.41) is -0.296. The fourth-order valence-corrected chi connectivity index (χ4v) is 6.08. The number of fused-ring (bicyclic) bond motifs is 3. The van der Waals surface area contributed by atoms with Gasteiger partial charge in [-0.15, -0.1) is 0 Å². The number of ether oxygens (including phenoxy) is 1. The van der Waals surface area contributed by atoms with E-state index in [4.69, 9.17) is 4.74 Å². The topological polar surface area (TPSA) is 43.4 Å². The van der Waals surface area contributed by atoms with Crippen molar-refractivity contribution < 1.29 is 13.2 Å². The van der Waals surface area contributed by atoms with Gasteiger partial charge in [-0.25, -0.2) is 8.42 Å². The minimum atomic E-state index is -2.85. The smallest absolute Gasteiger partial charge is 0.159 e. The molecule has 0 radical (unpaired) electrons. The van der Waals surface area contributed by atoms with Crippen LogP contribution in [-0.4, -0.2) is 25.5 Å². The van der Waals surface area contributed by atoms with Crippen LogP contribution in [0.25, 0.3) is 0 Å². The van der Waals surface area contributed by atoms with E-state index in [9.17, 15) is 8.42 Å². The van der Waals surface area contributed by atoms with E-state index in [0.29, 0.717) is 0 Å². The van der Waals surface area contributed by atoms with Gasteiger partial charge in [0.1, 0.15) is 5.75 Å². The van der Waals surface area contributed by atoms with Crippen LogP contribution in [0.5, 0.6) is 5.75 Å². The van der Waals surface area contributed by atoms with Gasteiger partial charge in [-0.05, 0) is 49.3 Å². The fraction of sp³-hybridized carbons (Fsp3) is 0.529. The number of hydrogen-bond donors (Lipinski definition) is 0. The molecular weight excluding hydrogens is 284 g/mol. The van der Waals surface area contributed by atoms with E-state index in [-0.39, 0.29) is 10.5 Å². The van der Waals surface area contributed by atoms with Crippen molar-refractivity contribution in [1.82, 2.24) is 0 Å². The first-order valence-electron chi connectivity index (χ1n) is 7.80. The second kappa shape index (κ2) is 4.87. The lowest BCUT2D eigenvalue weighted by atomic mass is 9.99. The molecular formula is C17H20O3S. The van der Waals surface area contributed by atoms with Crippen LogP contribution < -0.4 is 4.74 Å². The van der Waals surface area contributed by atoms with Crippen LogP contribution in [0.15, 0.2) is 29.8 Å². The van der Waals surface area contributed by atoms with Crippen molar-refractivity contribution >= 4 is 9.84 Å². The molecule has 3 aliphatic heterocycles. The Morgan fingerprint density at radius 2 is 2.10 bits per heavy atom. The maximum absolute atomic E-state index is 12.1. The molecule has 1 saturated heterocycles. The molecule has 21 heavy (non-hydrogen) atoms. The Balaban J connectivity index is 1.46. The minimum Gasteiger partial charge on any atom is -0.493 e. The Kier molecular flexibility index (Phi) is 3.10. The van der Waals surface area contributed by atoms with E-state index in [0.717, 1.165) is 50.9 Å². The van der Waals surface area contributed by atoms with Crippen molar-refractivity contribution in [2.45, 2.75) is 49.0 Å². The highest BCUT2D eigenvalue weighted by Gasteiger charge is 2.42. The number of benzene rings is 1. The van der Waals surface area contributed by atoms with Crippen molar-refractivity contribution in [3.63, 3.8) is 0 Å². The summed E-state index contributed by atoms with van der Waals surface area (Å²) >= 11 is 0. The van der Waals surface area contributed by atoms with Gasteiger partial charge >= 0.3 is 0 Å². The molecule has 0 spiro atoms. The number of rotatable bonds is 3. The first-order valence-corrected chi connectivity index (χ1v) is 9.41. The van der Waals surface area contributed by atoms with Gasteiger partial charge in [0.15, 0.2) is 9.84 Å². The van der Waals surface area contributed by atoms with Gasteiger partial charge in [0.25, 0.3) is 0 Å². The predicted octanol–water partition coefficient (Wildman–Crippen LogP) is 2.83. The van der Waals surface area contributed by atoms with Crippen LogP contribution in [0.2, 0.25) is 0 Å². The Hall–Kier alpha value is -1.29. The van der Waals surface area contributed by atoms with Crippen molar-refractivity contribution in [2.75, 3.05) is 6.61 Å². The van der Waals surface area contributed by atoms with Crippen molar-refractivity contribution in [1.29, 1.82) is 0 Å². The van der Waals surface area contributed by atoms with Gasteiger partial charge < -0.3 is 4.74 Å². The Bertz CT molecular complexity index is 703. The first-order chi connectivity index (χ1) is 10.1. The highest BCUT2D eigenvalue weighted by atomic mass is 32.2. The van der Waals surface area contributed by atoms with Gasteiger partial charge in [-0.1, -0.05) is 23.8 Å². The van der Waals surface area contributed by atoms with E-state index in [1.807, 2.05) is 6.08 Å². The molecule has 1 aromatic rings. The van der Waals surface area contributed by atoms with Crippen LogP contribution in [-0.2, 0) is 22.7 Å². The summed E-state index contributed by atoms with van der Waals surface area (Å²) in [4.78, 5) is 0. The van der Waals surface area contributed by atoms with E-state index in [2.05, 4.69) is 18.2 Å². The molecule has 3 nitrogen and oxygen atoms in total. The van der Waals surface area contributed by atoms with E-state index >= 15 is 0 Å². The van der Waals surface area contributed by atoms with E-state index < -0.39 is 9.84 Å². The summed E-state index contributed by atoms with van der Waals surface area (Å²) in [5.41, 5.74) is 3.99. The highest BCUT2D eigenvalue weighted by molar-refractivity contribution is 7.93. The lowest BCUT2D eigenvalue weighted by molar-refractivity contribution is 0.357. The third-order valence-electron chi connectivity index (χ3n) is 5.06. The molecule has 0 aromatic heterocycles. The summed E-state index contributed by atoms with van der Waals surface area (Å²) in [5.74, 6) is 1.03. The molecule has 2 bridgehead atoms. The van der Waals surface area contributed by atoms with Crippen LogP contribution in [0.3, 0.4) is 0 Å². The summed E-state index contributed by atoms with van der Waals surface area (Å²) in [6.45, 7) is 0.797. The fourth-order valence-electron chi connectivity index (χ4n) is 3.83. The summed E-state index contributed by atoms with van der Waals surface area (Å²) < 4.78 is 29.7. The zero-order chi connectivity index (χ0) is 14.4. The predicted molar refractivity (Wildman–Crippen MR) is 82.4 cm³/mol. The monoisotopic (exact) mass is 304 g/mol. The third-order valence-corrected chi connectivity index (χ3v) is 7.61. The zero-order valence-corrected chi connectivity index (χ0v) is 12.9. The summed E-state index contributed by atoms with van der Waals surface area (Å²) in [6, 6.07) is 6.46. The van der Waals surface area contributed by atoms with Crippen LogP contribution >= 0.6 is 0 Å². The van der Waals surface area contributed by atoms with Crippen molar-refractivity contribution in [3.05, 3.63) is 41.0 Å². The average molecular weight is 304 g/mol. The lowest BCUT2D eigenvalue weighted by Gasteiger charge is -2.20.